The van der Waals surface area contributed by atoms with E-state index in [-0.39, 0.29) is 5.56 Å². The lowest BCUT2D eigenvalue weighted by Gasteiger charge is -2.09. The Balaban J connectivity index is 1.84. The van der Waals surface area contributed by atoms with E-state index in [1.165, 1.54) is 6.07 Å². The SMILES string of the molecule is O=c1cc(Cl)nc(C2CC2)n1C/C=C/c1ccccc1. The number of allylic oxidation sites excluding steroid dienone is 1. The molecule has 0 N–H and O–H groups in total. The van der Waals surface area contributed by atoms with Gasteiger partial charge < -0.3 is 0 Å². The summed E-state index contributed by atoms with van der Waals surface area (Å²) in [5.74, 6) is 1.21. The van der Waals surface area contributed by atoms with Gasteiger partial charge in [0.15, 0.2) is 0 Å². The van der Waals surface area contributed by atoms with Crippen LogP contribution in [0.2, 0.25) is 5.15 Å². The summed E-state index contributed by atoms with van der Waals surface area (Å²) in [6, 6.07) is 11.4. The molecule has 0 atom stereocenters. The summed E-state index contributed by atoms with van der Waals surface area (Å²) in [6.45, 7) is 0.531. The third-order valence-corrected chi connectivity index (χ3v) is 3.54. The average molecular weight is 287 g/mol. The van der Waals surface area contributed by atoms with Gasteiger partial charge >= 0.3 is 0 Å². The molecule has 102 valence electrons. The molecule has 0 aliphatic heterocycles. The molecule has 0 bridgehead atoms. The first-order valence-corrected chi connectivity index (χ1v) is 7.11. The molecule has 0 radical (unpaired) electrons. The zero-order valence-electron chi connectivity index (χ0n) is 11.0. The Bertz CT molecular complexity index is 687. The maximum atomic E-state index is 12.0. The van der Waals surface area contributed by atoms with Crippen LogP contribution in [0.1, 0.15) is 30.1 Å². The topological polar surface area (TPSA) is 34.9 Å². The van der Waals surface area contributed by atoms with Gasteiger partial charge in [0.2, 0.25) is 0 Å². The van der Waals surface area contributed by atoms with Crippen molar-refractivity contribution in [1.29, 1.82) is 0 Å². The first kappa shape index (κ1) is 13.1. The first-order valence-electron chi connectivity index (χ1n) is 6.73. The Hall–Kier alpha value is -1.87. The molecule has 1 saturated carbocycles. The van der Waals surface area contributed by atoms with Crippen molar-refractivity contribution in [2.24, 2.45) is 0 Å². The number of benzene rings is 1. The second kappa shape index (κ2) is 5.63. The van der Waals surface area contributed by atoms with Crippen LogP contribution in [0.4, 0.5) is 0 Å². The van der Waals surface area contributed by atoms with Crippen LogP contribution in [0, 0.1) is 0 Å². The van der Waals surface area contributed by atoms with Crippen LogP contribution in [-0.4, -0.2) is 9.55 Å². The van der Waals surface area contributed by atoms with Gasteiger partial charge in [-0.2, -0.15) is 0 Å². The highest BCUT2D eigenvalue weighted by molar-refractivity contribution is 6.29. The summed E-state index contributed by atoms with van der Waals surface area (Å²) in [4.78, 5) is 16.4. The monoisotopic (exact) mass is 286 g/mol. The molecular formula is C16H15ClN2O. The van der Waals surface area contributed by atoms with Gasteiger partial charge in [-0.1, -0.05) is 54.1 Å². The standard InChI is InChI=1S/C16H15ClN2O/c17-14-11-15(20)19(16(18-14)13-8-9-13)10-4-7-12-5-2-1-3-6-12/h1-7,11,13H,8-10H2/b7-4+. The number of hydrogen-bond donors (Lipinski definition) is 0. The predicted octanol–water partition coefficient (Wildman–Crippen LogP) is 3.49. The number of rotatable bonds is 4. The van der Waals surface area contributed by atoms with Gasteiger partial charge in [0.05, 0.1) is 0 Å². The van der Waals surface area contributed by atoms with Crippen molar-refractivity contribution in [1.82, 2.24) is 9.55 Å². The van der Waals surface area contributed by atoms with Crippen LogP contribution >= 0.6 is 11.6 Å². The van der Waals surface area contributed by atoms with Crippen molar-refractivity contribution in [2.45, 2.75) is 25.3 Å². The van der Waals surface area contributed by atoms with E-state index in [1.807, 2.05) is 42.5 Å². The summed E-state index contributed by atoms with van der Waals surface area (Å²) in [6.07, 6.45) is 6.18. The molecule has 0 unspecified atom stereocenters. The molecule has 1 aromatic heterocycles. The molecule has 1 heterocycles. The molecule has 0 amide bonds. The molecule has 1 fully saturated rings. The fourth-order valence-corrected chi connectivity index (χ4v) is 2.37. The second-order valence-electron chi connectivity index (χ2n) is 4.97. The zero-order chi connectivity index (χ0) is 13.9. The smallest absolute Gasteiger partial charge is 0.255 e. The first-order chi connectivity index (χ1) is 9.74. The van der Waals surface area contributed by atoms with E-state index in [1.54, 1.807) is 4.57 Å². The van der Waals surface area contributed by atoms with Crippen molar-refractivity contribution >= 4 is 17.7 Å². The zero-order valence-corrected chi connectivity index (χ0v) is 11.8. The maximum absolute atomic E-state index is 12.0. The van der Waals surface area contributed by atoms with E-state index >= 15 is 0 Å². The summed E-state index contributed by atoms with van der Waals surface area (Å²) < 4.78 is 1.71. The summed E-state index contributed by atoms with van der Waals surface area (Å²) in [7, 11) is 0. The minimum absolute atomic E-state index is 0.0791. The van der Waals surface area contributed by atoms with E-state index in [2.05, 4.69) is 4.98 Å². The highest BCUT2D eigenvalue weighted by Crippen LogP contribution is 2.38. The number of nitrogens with zero attached hydrogens (tertiary/aromatic N) is 2. The minimum Gasteiger partial charge on any atom is -0.292 e. The van der Waals surface area contributed by atoms with Crippen LogP contribution in [0.25, 0.3) is 6.08 Å². The third-order valence-electron chi connectivity index (χ3n) is 3.35. The minimum atomic E-state index is -0.0791. The number of halogens is 1. The average Bonchev–Trinajstić information content (AvgIpc) is 3.26. The van der Waals surface area contributed by atoms with Crippen LogP contribution in [0.5, 0.6) is 0 Å². The Morgan fingerprint density at radius 2 is 2.05 bits per heavy atom. The number of aromatic nitrogens is 2. The summed E-state index contributed by atoms with van der Waals surface area (Å²) in [5.41, 5.74) is 1.04. The van der Waals surface area contributed by atoms with Gasteiger partial charge in [0, 0.05) is 18.5 Å². The van der Waals surface area contributed by atoms with Gasteiger partial charge in [-0.25, -0.2) is 4.98 Å². The highest BCUT2D eigenvalue weighted by atomic mass is 35.5. The van der Waals surface area contributed by atoms with E-state index in [0.717, 1.165) is 24.2 Å². The molecule has 3 rings (SSSR count). The quantitative estimate of drug-likeness (QED) is 0.807. The second-order valence-corrected chi connectivity index (χ2v) is 5.36. The van der Waals surface area contributed by atoms with Gasteiger partial charge in [0.1, 0.15) is 11.0 Å². The van der Waals surface area contributed by atoms with Crippen molar-refractivity contribution in [3.8, 4) is 0 Å². The van der Waals surface area contributed by atoms with Crippen LogP contribution in [0.3, 0.4) is 0 Å². The molecule has 1 aromatic carbocycles. The molecule has 1 aliphatic rings. The third kappa shape index (κ3) is 2.99. The molecule has 3 nitrogen and oxygen atoms in total. The van der Waals surface area contributed by atoms with Gasteiger partial charge in [-0.3, -0.25) is 9.36 Å². The van der Waals surface area contributed by atoms with Crippen LogP contribution in [-0.2, 0) is 6.54 Å². The van der Waals surface area contributed by atoms with Crippen molar-refractivity contribution in [3.05, 3.63) is 69.4 Å². The highest BCUT2D eigenvalue weighted by Gasteiger charge is 2.28. The van der Waals surface area contributed by atoms with Crippen LogP contribution in [0.15, 0.2) is 47.3 Å². The normalized spacial score (nSPS) is 14.8. The summed E-state index contributed by atoms with van der Waals surface area (Å²) in [5, 5.41) is 0.292. The fraction of sp³-hybridized carbons (Fsp3) is 0.250. The lowest BCUT2D eigenvalue weighted by Crippen LogP contribution is -2.23. The predicted molar refractivity (Wildman–Crippen MR) is 81.0 cm³/mol. The Morgan fingerprint density at radius 1 is 1.30 bits per heavy atom. The Morgan fingerprint density at radius 3 is 2.75 bits per heavy atom. The van der Waals surface area contributed by atoms with E-state index in [9.17, 15) is 4.79 Å². The lowest BCUT2D eigenvalue weighted by molar-refractivity contribution is 0.682. The lowest BCUT2D eigenvalue weighted by atomic mass is 10.2. The van der Waals surface area contributed by atoms with E-state index in [0.29, 0.717) is 17.6 Å². The maximum Gasteiger partial charge on any atom is 0.255 e. The van der Waals surface area contributed by atoms with Crippen LogP contribution < -0.4 is 5.56 Å². The van der Waals surface area contributed by atoms with Crippen molar-refractivity contribution < 1.29 is 0 Å². The molecule has 0 saturated heterocycles. The van der Waals surface area contributed by atoms with Gasteiger partial charge in [0.25, 0.3) is 5.56 Å². The largest absolute Gasteiger partial charge is 0.292 e. The van der Waals surface area contributed by atoms with Gasteiger partial charge in [-0.05, 0) is 18.4 Å². The number of hydrogen-bond acceptors (Lipinski definition) is 2. The molecule has 1 aliphatic carbocycles. The molecule has 0 spiro atoms. The fourth-order valence-electron chi connectivity index (χ4n) is 2.19. The Labute approximate surface area is 122 Å². The summed E-state index contributed by atoms with van der Waals surface area (Å²) >= 11 is 5.88. The van der Waals surface area contributed by atoms with Crippen molar-refractivity contribution in [3.63, 3.8) is 0 Å². The molecule has 20 heavy (non-hydrogen) atoms. The van der Waals surface area contributed by atoms with E-state index in [4.69, 9.17) is 11.6 Å². The van der Waals surface area contributed by atoms with Crippen molar-refractivity contribution in [2.75, 3.05) is 0 Å². The molecular weight excluding hydrogens is 272 g/mol. The Kier molecular flexibility index (Phi) is 3.70. The molecule has 2 aromatic rings. The van der Waals surface area contributed by atoms with E-state index < -0.39 is 0 Å². The molecule has 4 heteroatoms. The van der Waals surface area contributed by atoms with Gasteiger partial charge in [-0.15, -0.1) is 0 Å².